The molecule has 1 amide bonds. The van der Waals surface area contributed by atoms with Crippen molar-refractivity contribution in [2.45, 2.75) is 25.8 Å². The van der Waals surface area contributed by atoms with Crippen LogP contribution in [0.4, 0.5) is 5.69 Å². The number of hydrogen-bond acceptors (Lipinski definition) is 4. The van der Waals surface area contributed by atoms with Gasteiger partial charge in [-0.2, -0.15) is 0 Å². The van der Waals surface area contributed by atoms with Gasteiger partial charge >= 0.3 is 0 Å². The van der Waals surface area contributed by atoms with Crippen molar-refractivity contribution in [2.24, 2.45) is 0 Å². The summed E-state index contributed by atoms with van der Waals surface area (Å²) < 4.78 is 6.52. The number of carbonyl (C=O) groups is 1. The summed E-state index contributed by atoms with van der Waals surface area (Å²) in [4.78, 5) is 26.1. The smallest absolute Gasteiger partial charge is 0.265 e. The van der Waals surface area contributed by atoms with Gasteiger partial charge in [-0.3, -0.25) is 9.59 Å². The van der Waals surface area contributed by atoms with E-state index >= 15 is 0 Å². The Bertz CT molecular complexity index is 727. The number of anilines is 1. The van der Waals surface area contributed by atoms with Crippen molar-refractivity contribution in [3.8, 4) is 0 Å². The monoisotopic (exact) mass is 318 g/mol. The SMILES string of the molecule is COCCn1cc(NC(=O)c2cc3c(s2)CCC3)ccc1=O. The van der Waals surface area contributed by atoms with Crippen LogP contribution in [0.1, 0.15) is 26.5 Å². The number of aromatic nitrogens is 1. The zero-order valence-corrected chi connectivity index (χ0v) is 13.2. The molecule has 0 aliphatic heterocycles. The van der Waals surface area contributed by atoms with Gasteiger partial charge in [0.15, 0.2) is 0 Å². The Kier molecular flexibility index (Phi) is 4.40. The second kappa shape index (κ2) is 6.46. The van der Waals surface area contributed by atoms with Crippen LogP contribution in [-0.2, 0) is 24.1 Å². The molecule has 2 aromatic rings. The van der Waals surface area contributed by atoms with Gasteiger partial charge in [0.1, 0.15) is 0 Å². The molecule has 116 valence electrons. The van der Waals surface area contributed by atoms with Gasteiger partial charge in [-0.25, -0.2) is 0 Å². The fourth-order valence-electron chi connectivity index (χ4n) is 2.60. The first-order valence-corrected chi connectivity index (χ1v) is 8.11. The van der Waals surface area contributed by atoms with E-state index in [-0.39, 0.29) is 11.5 Å². The van der Waals surface area contributed by atoms with Crippen LogP contribution in [-0.4, -0.2) is 24.2 Å². The van der Waals surface area contributed by atoms with Crippen molar-refractivity contribution in [1.82, 2.24) is 4.57 Å². The Labute approximate surface area is 132 Å². The molecule has 0 saturated carbocycles. The molecule has 0 aromatic carbocycles. The van der Waals surface area contributed by atoms with E-state index in [1.165, 1.54) is 27.5 Å². The molecule has 6 heteroatoms. The second-order valence-corrected chi connectivity index (χ2v) is 6.45. The van der Waals surface area contributed by atoms with Crippen LogP contribution >= 0.6 is 11.3 Å². The highest BCUT2D eigenvalue weighted by molar-refractivity contribution is 7.14. The molecule has 2 aromatic heterocycles. The highest BCUT2D eigenvalue weighted by atomic mass is 32.1. The van der Waals surface area contributed by atoms with Gasteiger partial charge in [0, 0.05) is 30.8 Å². The van der Waals surface area contributed by atoms with Gasteiger partial charge in [-0.05, 0) is 37.0 Å². The Morgan fingerprint density at radius 3 is 3.05 bits per heavy atom. The van der Waals surface area contributed by atoms with E-state index in [9.17, 15) is 9.59 Å². The first kappa shape index (κ1) is 15.0. The van der Waals surface area contributed by atoms with Gasteiger partial charge in [-0.15, -0.1) is 11.3 Å². The van der Waals surface area contributed by atoms with E-state index in [2.05, 4.69) is 5.32 Å². The summed E-state index contributed by atoms with van der Waals surface area (Å²) in [5.74, 6) is -0.114. The minimum absolute atomic E-state index is 0.106. The number of rotatable bonds is 5. The number of hydrogen-bond donors (Lipinski definition) is 1. The molecular formula is C16H18N2O3S. The number of ether oxygens (including phenoxy) is 1. The van der Waals surface area contributed by atoms with Crippen LogP contribution in [0.3, 0.4) is 0 Å². The lowest BCUT2D eigenvalue weighted by Crippen LogP contribution is -2.22. The average molecular weight is 318 g/mol. The second-order valence-electron chi connectivity index (χ2n) is 5.31. The largest absolute Gasteiger partial charge is 0.383 e. The molecule has 1 aliphatic rings. The number of nitrogens with zero attached hydrogens (tertiary/aromatic N) is 1. The third kappa shape index (κ3) is 3.13. The number of thiophene rings is 1. The molecular weight excluding hydrogens is 300 g/mol. The van der Waals surface area contributed by atoms with Crippen molar-refractivity contribution in [1.29, 1.82) is 0 Å². The number of methoxy groups -OCH3 is 1. The van der Waals surface area contributed by atoms with E-state index in [0.29, 0.717) is 18.8 Å². The van der Waals surface area contributed by atoms with Crippen LogP contribution in [0.25, 0.3) is 0 Å². The molecule has 0 atom stereocenters. The Morgan fingerprint density at radius 2 is 2.27 bits per heavy atom. The molecule has 0 spiro atoms. The molecule has 1 aliphatic carbocycles. The number of fused-ring (bicyclic) bond motifs is 1. The maximum absolute atomic E-state index is 12.3. The lowest BCUT2D eigenvalue weighted by atomic mass is 10.2. The maximum atomic E-state index is 12.3. The fourth-order valence-corrected chi connectivity index (χ4v) is 3.75. The average Bonchev–Trinajstić information content (AvgIpc) is 3.09. The van der Waals surface area contributed by atoms with Crippen molar-refractivity contribution in [3.63, 3.8) is 0 Å². The molecule has 22 heavy (non-hydrogen) atoms. The number of nitrogens with one attached hydrogen (secondary N) is 1. The predicted molar refractivity (Wildman–Crippen MR) is 86.9 cm³/mol. The Morgan fingerprint density at radius 1 is 1.41 bits per heavy atom. The highest BCUT2D eigenvalue weighted by Gasteiger charge is 2.18. The number of amides is 1. The van der Waals surface area contributed by atoms with Gasteiger partial charge < -0.3 is 14.6 Å². The van der Waals surface area contributed by atoms with Gasteiger partial charge in [0.2, 0.25) is 0 Å². The fraction of sp³-hybridized carbons (Fsp3) is 0.375. The number of aryl methyl sites for hydroxylation is 2. The minimum atomic E-state index is -0.114. The van der Waals surface area contributed by atoms with Crippen LogP contribution in [0.5, 0.6) is 0 Å². The predicted octanol–water partition coefficient (Wildman–Crippen LogP) is 2.30. The summed E-state index contributed by atoms with van der Waals surface area (Å²) in [6, 6.07) is 5.08. The molecule has 0 fully saturated rings. The van der Waals surface area contributed by atoms with E-state index in [4.69, 9.17) is 4.74 Å². The zero-order chi connectivity index (χ0) is 15.5. The van der Waals surface area contributed by atoms with Crippen molar-refractivity contribution >= 4 is 22.9 Å². The number of pyridine rings is 1. The molecule has 1 N–H and O–H groups in total. The van der Waals surface area contributed by atoms with E-state index < -0.39 is 0 Å². The minimum Gasteiger partial charge on any atom is -0.383 e. The highest BCUT2D eigenvalue weighted by Crippen LogP contribution is 2.30. The molecule has 0 radical (unpaired) electrons. The molecule has 2 heterocycles. The summed E-state index contributed by atoms with van der Waals surface area (Å²) in [5.41, 5.74) is 1.82. The van der Waals surface area contributed by atoms with Crippen LogP contribution < -0.4 is 10.9 Å². The van der Waals surface area contributed by atoms with Crippen LogP contribution in [0.15, 0.2) is 29.2 Å². The van der Waals surface area contributed by atoms with Gasteiger partial charge in [0.05, 0.1) is 17.2 Å². The van der Waals surface area contributed by atoms with Crippen molar-refractivity contribution in [2.75, 3.05) is 19.0 Å². The topological polar surface area (TPSA) is 60.3 Å². The first-order chi connectivity index (χ1) is 10.7. The standard InChI is InChI=1S/C16H18N2O3S/c1-21-8-7-18-10-12(5-6-15(18)19)17-16(20)14-9-11-3-2-4-13(11)22-14/h5-6,9-10H,2-4,7-8H2,1H3,(H,17,20). The number of carbonyl (C=O) groups excluding carboxylic acids is 1. The Balaban J connectivity index is 1.74. The summed E-state index contributed by atoms with van der Waals surface area (Å²) in [7, 11) is 1.59. The lowest BCUT2D eigenvalue weighted by Gasteiger charge is -2.08. The maximum Gasteiger partial charge on any atom is 0.265 e. The normalized spacial score (nSPS) is 13.1. The van der Waals surface area contributed by atoms with E-state index in [0.717, 1.165) is 17.7 Å². The molecule has 5 nitrogen and oxygen atoms in total. The zero-order valence-electron chi connectivity index (χ0n) is 12.4. The quantitative estimate of drug-likeness (QED) is 0.920. The third-order valence-corrected chi connectivity index (χ3v) is 4.98. The lowest BCUT2D eigenvalue weighted by molar-refractivity contribution is 0.103. The summed E-state index contributed by atoms with van der Waals surface area (Å²) in [6.07, 6.45) is 4.99. The third-order valence-electron chi connectivity index (χ3n) is 3.75. The molecule has 3 rings (SSSR count). The van der Waals surface area contributed by atoms with Crippen molar-refractivity contribution in [3.05, 3.63) is 50.1 Å². The molecule has 0 saturated heterocycles. The van der Waals surface area contributed by atoms with Gasteiger partial charge in [0.25, 0.3) is 11.5 Å². The summed E-state index contributed by atoms with van der Waals surface area (Å²) in [6.45, 7) is 0.918. The van der Waals surface area contributed by atoms with Crippen molar-refractivity contribution < 1.29 is 9.53 Å². The molecule has 0 bridgehead atoms. The Hall–Kier alpha value is -1.92. The molecule has 0 unspecified atom stereocenters. The summed E-state index contributed by atoms with van der Waals surface area (Å²) >= 11 is 1.57. The van der Waals surface area contributed by atoms with Crippen LogP contribution in [0.2, 0.25) is 0 Å². The van der Waals surface area contributed by atoms with Crippen LogP contribution in [0, 0.1) is 0 Å². The van der Waals surface area contributed by atoms with E-state index in [1.54, 1.807) is 30.7 Å². The first-order valence-electron chi connectivity index (χ1n) is 7.30. The summed E-state index contributed by atoms with van der Waals surface area (Å²) in [5, 5.41) is 2.86. The van der Waals surface area contributed by atoms with E-state index in [1.807, 2.05) is 6.07 Å². The van der Waals surface area contributed by atoms with Gasteiger partial charge in [-0.1, -0.05) is 0 Å².